The first-order valence-corrected chi connectivity index (χ1v) is 17.3. The lowest BCUT2D eigenvalue weighted by atomic mass is 9.80. The van der Waals surface area contributed by atoms with E-state index in [9.17, 15) is 9.90 Å². The van der Waals surface area contributed by atoms with Crippen LogP contribution in [-0.4, -0.2) is 62.7 Å². The third-order valence-electron chi connectivity index (χ3n) is 9.46. The van der Waals surface area contributed by atoms with Gasteiger partial charge in [0.25, 0.3) is 0 Å². The number of carbonyl (C=O) groups excluding carboxylic acids is 1. The highest BCUT2D eigenvalue weighted by atomic mass is 16.5. The van der Waals surface area contributed by atoms with E-state index >= 15 is 0 Å². The summed E-state index contributed by atoms with van der Waals surface area (Å²) in [5.41, 5.74) is 8.94. The number of hydrogen-bond acceptors (Lipinski definition) is 7. The number of nitrogens with two attached hydrogens (primary N) is 1. The Kier molecular flexibility index (Phi) is 16.3. The number of carbonyl (C=O) groups is 1. The quantitative estimate of drug-likeness (QED) is 0.146. The Morgan fingerprint density at radius 1 is 0.935 bits per heavy atom. The van der Waals surface area contributed by atoms with Crippen molar-refractivity contribution in [3.8, 4) is 11.5 Å². The molecule has 6 atom stereocenters. The molecule has 0 radical (unpaired) electrons. The number of benzene rings is 2. The molecule has 8 nitrogen and oxygen atoms in total. The predicted octanol–water partition coefficient (Wildman–Crippen LogP) is 6.31. The van der Waals surface area contributed by atoms with Crippen LogP contribution in [0.2, 0.25) is 0 Å². The van der Waals surface area contributed by atoms with Gasteiger partial charge < -0.3 is 35.1 Å². The summed E-state index contributed by atoms with van der Waals surface area (Å²) in [6.45, 7) is 10.2. The van der Waals surface area contributed by atoms with Crippen LogP contribution in [0.15, 0.2) is 48.5 Å². The molecule has 1 fully saturated rings. The van der Waals surface area contributed by atoms with Gasteiger partial charge in [0.05, 0.1) is 38.6 Å². The van der Waals surface area contributed by atoms with Crippen LogP contribution < -0.4 is 20.5 Å². The second-order valence-electron chi connectivity index (χ2n) is 13.7. The minimum atomic E-state index is -0.786. The Hall–Kier alpha value is -2.65. The number of amides is 1. The van der Waals surface area contributed by atoms with Crippen molar-refractivity contribution in [3.05, 3.63) is 59.7 Å². The largest absolute Gasteiger partial charge is 0.493 e. The third-order valence-corrected chi connectivity index (χ3v) is 9.46. The molecule has 1 aliphatic carbocycles. The average Bonchev–Trinajstić information content (AvgIpc) is 3.05. The molecule has 0 saturated heterocycles. The highest BCUT2D eigenvalue weighted by Gasteiger charge is 2.33. The van der Waals surface area contributed by atoms with Gasteiger partial charge in [-0.25, -0.2) is 0 Å². The molecule has 0 unspecified atom stereocenters. The second kappa shape index (κ2) is 19.9. The van der Waals surface area contributed by atoms with Gasteiger partial charge in [0.1, 0.15) is 0 Å². The van der Waals surface area contributed by atoms with Gasteiger partial charge in [0.15, 0.2) is 11.5 Å². The molecule has 0 aliphatic heterocycles. The molecule has 0 bridgehead atoms. The molecule has 2 aromatic carbocycles. The van der Waals surface area contributed by atoms with Crippen LogP contribution in [0.3, 0.4) is 0 Å². The highest BCUT2D eigenvalue weighted by Crippen LogP contribution is 2.32. The molecule has 0 aromatic heterocycles. The average molecular weight is 641 g/mol. The van der Waals surface area contributed by atoms with E-state index in [1.807, 2.05) is 44.2 Å². The number of methoxy groups -OCH3 is 2. The SMILES string of the molecule is COCCCOc1cc(C[C@@H](C[C@H](N)[C@@H](O)C[C@H](C(=O)N[C@@H]2CCCC[C@H]2OCc2ccccc2)C(C)C)C(C)C)ccc1OC. The zero-order valence-electron chi connectivity index (χ0n) is 29.1. The maximum Gasteiger partial charge on any atom is 0.223 e. The van der Waals surface area contributed by atoms with Gasteiger partial charge in [-0.15, -0.1) is 0 Å². The van der Waals surface area contributed by atoms with E-state index in [0.29, 0.717) is 44.3 Å². The summed E-state index contributed by atoms with van der Waals surface area (Å²) in [6, 6.07) is 15.8. The fourth-order valence-corrected chi connectivity index (χ4v) is 6.39. The molecular formula is C38H60N2O6. The van der Waals surface area contributed by atoms with Gasteiger partial charge in [-0.2, -0.15) is 0 Å². The van der Waals surface area contributed by atoms with E-state index in [0.717, 1.165) is 55.4 Å². The van der Waals surface area contributed by atoms with Crippen LogP contribution in [-0.2, 0) is 27.3 Å². The van der Waals surface area contributed by atoms with E-state index in [2.05, 4.69) is 37.4 Å². The number of hydrogen-bond donors (Lipinski definition) is 3. The summed E-state index contributed by atoms with van der Waals surface area (Å²) in [6.07, 6.45) is 5.79. The fourth-order valence-electron chi connectivity index (χ4n) is 6.39. The van der Waals surface area contributed by atoms with Gasteiger partial charge in [0, 0.05) is 32.1 Å². The van der Waals surface area contributed by atoms with Gasteiger partial charge in [-0.1, -0.05) is 76.9 Å². The van der Waals surface area contributed by atoms with Gasteiger partial charge in [0.2, 0.25) is 5.91 Å². The zero-order valence-corrected chi connectivity index (χ0v) is 29.1. The maximum atomic E-state index is 13.7. The molecule has 1 aliphatic rings. The topological polar surface area (TPSA) is 112 Å². The lowest BCUT2D eigenvalue weighted by Crippen LogP contribution is -2.50. The molecule has 0 spiro atoms. The van der Waals surface area contributed by atoms with Gasteiger partial charge >= 0.3 is 0 Å². The van der Waals surface area contributed by atoms with Crippen LogP contribution >= 0.6 is 0 Å². The predicted molar refractivity (Wildman–Crippen MR) is 184 cm³/mol. The van der Waals surface area contributed by atoms with Crippen molar-refractivity contribution >= 4 is 5.91 Å². The summed E-state index contributed by atoms with van der Waals surface area (Å²) < 4.78 is 23.0. The van der Waals surface area contributed by atoms with E-state index in [4.69, 9.17) is 24.7 Å². The number of ether oxygens (including phenoxy) is 4. The van der Waals surface area contributed by atoms with E-state index in [-0.39, 0.29) is 35.8 Å². The Bertz CT molecular complexity index is 1140. The summed E-state index contributed by atoms with van der Waals surface area (Å²) in [7, 11) is 3.33. The standard InChI is InChI=1S/C38H60N2O6/c1-26(2)30(21-29-17-18-36(44-6)37(22-29)45-20-12-19-43-5)23-32(39)34(41)24-31(27(3)4)38(42)40-33-15-10-11-16-35(33)46-25-28-13-8-7-9-14-28/h7-9,13-14,17-18,22,26-27,30-35,41H,10-12,15-16,19-21,23-25,39H2,1-6H3,(H,40,42)/t30-,31-,32-,33+,34-,35+/m0/s1. The summed E-state index contributed by atoms with van der Waals surface area (Å²) >= 11 is 0. The monoisotopic (exact) mass is 640 g/mol. The van der Waals surface area contributed by atoms with E-state index in [1.54, 1.807) is 14.2 Å². The van der Waals surface area contributed by atoms with Crippen molar-refractivity contribution in [1.82, 2.24) is 5.32 Å². The molecule has 4 N–H and O–H groups in total. The number of rotatable bonds is 20. The third kappa shape index (κ3) is 12.2. The molecule has 1 saturated carbocycles. The molecule has 0 heterocycles. The lowest BCUT2D eigenvalue weighted by molar-refractivity contribution is -0.130. The molecule has 8 heteroatoms. The van der Waals surface area contributed by atoms with Crippen molar-refractivity contribution in [2.75, 3.05) is 27.4 Å². The Labute approximate surface area is 277 Å². The molecule has 2 aromatic rings. The van der Waals surface area contributed by atoms with Crippen LogP contribution in [0.1, 0.15) is 83.8 Å². The van der Waals surface area contributed by atoms with Crippen molar-refractivity contribution in [2.24, 2.45) is 29.4 Å². The van der Waals surface area contributed by atoms with Gasteiger partial charge in [-0.05, 0) is 73.1 Å². The minimum absolute atomic E-state index is 0.0149. The summed E-state index contributed by atoms with van der Waals surface area (Å²) in [4.78, 5) is 13.7. The second-order valence-corrected chi connectivity index (χ2v) is 13.7. The Morgan fingerprint density at radius 3 is 2.35 bits per heavy atom. The molecule has 1 amide bonds. The van der Waals surface area contributed by atoms with Crippen molar-refractivity contribution < 1.29 is 28.8 Å². The summed E-state index contributed by atoms with van der Waals surface area (Å²) in [5.74, 6) is 1.74. The summed E-state index contributed by atoms with van der Waals surface area (Å²) in [5, 5.41) is 14.6. The maximum absolute atomic E-state index is 13.7. The zero-order chi connectivity index (χ0) is 33.5. The Morgan fingerprint density at radius 2 is 1.67 bits per heavy atom. The number of aliphatic hydroxyl groups is 1. The molecule has 46 heavy (non-hydrogen) atoms. The van der Waals surface area contributed by atoms with E-state index < -0.39 is 12.1 Å². The fraction of sp³-hybridized carbons (Fsp3) is 0.658. The van der Waals surface area contributed by atoms with Crippen molar-refractivity contribution in [1.29, 1.82) is 0 Å². The molecular weight excluding hydrogens is 580 g/mol. The van der Waals surface area contributed by atoms with Crippen LogP contribution in [0.4, 0.5) is 0 Å². The first kappa shape index (κ1) is 37.8. The van der Waals surface area contributed by atoms with Crippen LogP contribution in [0, 0.1) is 23.7 Å². The minimum Gasteiger partial charge on any atom is -0.493 e. The van der Waals surface area contributed by atoms with Crippen LogP contribution in [0.25, 0.3) is 0 Å². The number of aliphatic hydroxyl groups excluding tert-OH is 1. The molecule has 258 valence electrons. The number of nitrogens with one attached hydrogen (secondary N) is 1. The van der Waals surface area contributed by atoms with Crippen LogP contribution in [0.5, 0.6) is 11.5 Å². The van der Waals surface area contributed by atoms with Gasteiger partial charge in [-0.3, -0.25) is 4.79 Å². The van der Waals surface area contributed by atoms with Crippen molar-refractivity contribution in [3.63, 3.8) is 0 Å². The first-order chi connectivity index (χ1) is 22.1. The highest BCUT2D eigenvalue weighted by molar-refractivity contribution is 5.79. The van der Waals surface area contributed by atoms with E-state index in [1.165, 1.54) is 0 Å². The Balaban J connectivity index is 1.59. The normalized spacial score (nSPS) is 19.4. The molecule has 3 rings (SSSR count). The van der Waals surface area contributed by atoms with Crippen molar-refractivity contribution in [2.45, 2.75) is 110 Å². The first-order valence-electron chi connectivity index (χ1n) is 17.3. The smallest absolute Gasteiger partial charge is 0.223 e. The lowest BCUT2D eigenvalue weighted by Gasteiger charge is -2.35.